The Hall–Kier alpha value is -1.42. The van der Waals surface area contributed by atoms with Crippen LogP contribution >= 0.6 is 0 Å². The number of hydrogen-bond donors (Lipinski definition) is 2. The lowest BCUT2D eigenvalue weighted by Gasteiger charge is -2.27. The Balaban J connectivity index is 1.66. The molecule has 0 bridgehead atoms. The maximum absolute atomic E-state index is 5.66. The highest BCUT2D eigenvalue weighted by Crippen LogP contribution is 2.32. The van der Waals surface area contributed by atoms with Gasteiger partial charge in [-0.3, -0.25) is 0 Å². The number of ether oxygens (including phenoxy) is 2. The van der Waals surface area contributed by atoms with E-state index in [1.807, 2.05) is 12.1 Å². The summed E-state index contributed by atoms with van der Waals surface area (Å²) in [6, 6.07) is 6.08. The number of benzene rings is 1. The molecule has 0 aliphatic carbocycles. The number of hydrogen-bond acceptors (Lipinski definition) is 4. The lowest BCUT2D eigenvalue weighted by Crippen LogP contribution is -2.45. The zero-order valence-electron chi connectivity index (χ0n) is 9.87. The summed E-state index contributed by atoms with van der Waals surface area (Å²) >= 11 is 0. The van der Waals surface area contributed by atoms with Gasteiger partial charge >= 0.3 is 0 Å². The third-order valence-electron chi connectivity index (χ3n) is 3.21. The minimum Gasteiger partial charge on any atom is -0.490 e. The van der Waals surface area contributed by atoms with E-state index in [2.05, 4.69) is 16.7 Å². The molecule has 0 spiro atoms. The van der Waals surface area contributed by atoms with Gasteiger partial charge in [-0.05, 0) is 12.1 Å². The summed E-state index contributed by atoms with van der Waals surface area (Å²) in [5.74, 6) is 2.48. The highest BCUT2D eigenvalue weighted by molar-refractivity contribution is 5.55. The van der Waals surface area contributed by atoms with Gasteiger partial charge in [0.25, 0.3) is 0 Å². The second-order valence-corrected chi connectivity index (χ2v) is 4.62. The first-order valence-corrected chi connectivity index (χ1v) is 6.26. The van der Waals surface area contributed by atoms with E-state index >= 15 is 0 Å². The Morgan fingerprint density at radius 2 is 2.00 bits per heavy atom. The van der Waals surface area contributed by atoms with E-state index in [-0.39, 0.29) is 0 Å². The topological polar surface area (TPSA) is 42.5 Å². The lowest BCUT2D eigenvalue weighted by atomic mass is 10.0. The molecule has 1 saturated heterocycles. The van der Waals surface area contributed by atoms with Gasteiger partial charge in [0.2, 0.25) is 0 Å². The molecule has 1 aromatic rings. The van der Waals surface area contributed by atoms with Gasteiger partial charge in [-0.15, -0.1) is 0 Å². The summed E-state index contributed by atoms with van der Waals surface area (Å²) in [6.45, 7) is 4.75. The SMILES string of the molecule is c1cc2c(cc1NCC1CNC1)OCCCO2. The van der Waals surface area contributed by atoms with Crippen LogP contribution < -0.4 is 20.1 Å². The molecule has 2 N–H and O–H groups in total. The highest BCUT2D eigenvalue weighted by Gasteiger charge is 2.16. The molecule has 2 aliphatic rings. The number of rotatable bonds is 3. The van der Waals surface area contributed by atoms with Crippen molar-refractivity contribution >= 4 is 5.69 Å². The first kappa shape index (κ1) is 10.7. The molecular weight excluding hydrogens is 216 g/mol. The summed E-state index contributed by atoms with van der Waals surface area (Å²) in [5.41, 5.74) is 1.11. The third kappa shape index (κ3) is 2.47. The fourth-order valence-corrected chi connectivity index (χ4v) is 2.03. The summed E-state index contributed by atoms with van der Waals surface area (Å²) in [5, 5.41) is 6.71. The van der Waals surface area contributed by atoms with Gasteiger partial charge < -0.3 is 20.1 Å². The molecule has 0 atom stereocenters. The molecule has 2 heterocycles. The van der Waals surface area contributed by atoms with Crippen molar-refractivity contribution in [1.29, 1.82) is 0 Å². The van der Waals surface area contributed by atoms with E-state index in [1.54, 1.807) is 0 Å². The third-order valence-corrected chi connectivity index (χ3v) is 3.21. The first-order valence-electron chi connectivity index (χ1n) is 6.26. The van der Waals surface area contributed by atoms with Crippen molar-refractivity contribution in [2.75, 3.05) is 38.2 Å². The molecule has 2 aliphatic heterocycles. The fraction of sp³-hybridized carbons (Fsp3) is 0.538. The van der Waals surface area contributed by atoms with E-state index < -0.39 is 0 Å². The molecule has 4 nitrogen and oxygen atoms in total. The van der Waals surface area contributed by atoms with E-state index in [0.29, 0.717) is 0 Å². The van der Waals surface area contributed by atoms with Gasteiger partial charge in [0, 0.05) is 43.7 Å². The van der Waals surface area contributed by atoms with Crippen LogP contribution in [0.1, 0.15) is 6.42 Å². The maximum atomic E-state index is 5.66. The average molecular weight is 234 g/mol. The predicted molar refractivity (Wildman–Crippen MR) is 66.9 cm³/mol. The van der Waals surface area contributed by atoms with Gasteiger partial charge in [0.15, 0.2) is 11.5 Å². The molecule has 1 aromatic carbocycles. The van der Waals surface area contributed by atoms with E-state index in [9.17, 15) is 0 Å². The molecule has 0 radical (unpaired) electrons. The Morgan fingerprint density at radius 3 is 2.76 bits per heavy atom. The smallest absolute Gasteiger partial charge is 0.163 e. The highest BCUT2D eigenvalue weighted by atomic mass is 16.5. The van der Waals surface area contributed by atoms with Gasteiger partial charge in [-0.2, -0.15) is 0 Å². The van der Waals surface area contributed by atoms with Crippen LogP contribution in [0, 0.1) is 5.92 Å². The molecule has 0 saturated carbocycles. The second-order valence-electron chi connectivity index (χ2n) is 4.62. The van der Waals surface area contributed by atoms with Crippen LogP contribution in [0.4, 0.5) is 5.69 Å². The average Bonchev–Trinajstić information content (AvgIpc) is 2.51. The fourth-order valence-electron chi connectivity index (χ4n) is 2.03. The molecule has 1 fully saturated rings. The van der Waals surface area contributed by atoms with Gasteiger partial charge in [-0.25, -0.2) is 0 Å². The standard InChI is InChI=1S/C13H18N2O2/c1-4-16-12-3-2-11(6-13(12)17-5-1)15-9-10-7-14-8-10/h2-3,6,10,14-15H,1,4-5,7-9H2. The molecule has 0 amide bonds. The zero-order valence-corrected chi connectivity index (χ0v) is 9.87. The normalized spacial score (nSPS) is 19.3. The van der Waals surface area contributed by atoms with Crippen LogP contribution in [0.5, 0.6) is 11.5 Å². The quantitative estimate of drug-likeness (QED) is 0.831. The van der Waals surface area contributed by atoms with E-state index in [4.69, 9.17) is 9.47 Å². The van der Waals surface area contributed by atoms with Crippen molar-refractivity contribution < 1.29 is 9.47 Å². The van der Waals surface area contributed by atoms with Crippen LogP contribution in [0.25, 0.3) is 0 Å². The maximum Gasteiger partial charge on any atom is 0.163 e. The minimum absolute atomic E-state index is 0.739. The van der Waals surface area contributed by atoms with Crippen LogP contribution in [0.2, 0.25) is 0 Å². The number of nitrogens with one attached hydrogen (secondary N) is 2. The summed E-state index contributed by atoms with van der Waals surface area (Å²) in [6.07, 6.45) is 0.950. The Morgan fingerprint density at radius 1 is 1.18 bits per heavy atom. The van der Waals surface area contributed by atoms with Gasteiger partial charge in [0.1, 0.15) is 0 Å². The van der Waals surface area contributed by atoms with Crippen LogP contribution in [-0.2, 0) is 0 Å². The Bertz CT molecular complexity index is 391. The number of anilines is 1. The molecular formula is C13H18N2O2. The van der Waals surface area contributed by atoms with Gasteiger partial charge in [0.05, 0.1) is 13.2 Å². The summed E-state index contributed by atoms with van der Waals surface area (Å²) < 4.78 is 11.3. The minimum atomic E-state index is 0.739. The summed E-state index contributed by atoms with van der Waals surface area (Å²) in [4.78, 5) is 0. The number of fused-ring (bicyclic) bond motifs is 1. The molecule has 92 valence electrons. The van der Waals surface area contributed by atoms with Crippen molar-refractivity contribution in [3.8, 4) is 11.5 Å². The van der Waals surface area contributed by atoms with Crippen molar-refractivity contribution in [1.82, 2.24) is 5.32 Å². The monoisotopic (exact) mass is 234 g/mol. The van der Waals surface area contributed by atoms with Crippen molar-refractivity contribution in [3.63, 3.8) is 0 Å². The van der Waals surface area contributed by atoms with Crippen LogP contribution in [0.15, 0.2) is 18.2 Å². The summed E-state index contributed by atoms with van der Waals surface area (Å²) in [7, 11) is 0. The van der Waals surface area contributed by atoms with Crippen molar-refractivity contribution in [2.24, 2.45) is 5.92 Å². The molecule has 17 heavy (non-hydrogen) atoms. The van der Waals surface area contributed by atoms with Crippen LogP contribution in [0.3, 0.4) is 0 Å². The molecule has 4 heteroatoms. The van der Waals surface area contributed by atoms with Gasteiger partial charge in [-0.1, -0.05) is 0 Å². The van der Waals surface area contributed by atoms with Crippen LogP contribution in [-0.4, -0.2) is 32.8 Å². The Labute approximate surface area is 101 Å². The first-order chi connectivity index (χ1) is 8.42. The molecule has 3 rings (SSSR count). The Kier molecular flexibility index (Phi) is 3.05. The van der Waals surface area contributed by atoms with Crippen molar-refractivity contribution in [2.45, 2.75) is 6.42 Å². The molecule has 0 aromatic heterocycles. The van der Waals surface area contributed by atoms with Crippen molar-refractivity contribution in [3.05, 3.63) is 18.2 Å². The lowest BCUT2D eigenvalue weighted by molar-refractivity contribution is 0.297. The second kappa shape index (κ2) is 4.84. The molecule has 0 unspecified atom stereocenters. The zero-order chi connectivity index (χ0) is 11.5. The predicted octanol–water partition coefficient (Wildman–Crippen LogP) is 1.48. The van der Waals surface area contributed by atoms with E-state index in [0.717, 1.165) is 62.4 Å². The largest absolute Gasteiger partial charge is 0.490 e. The van der Waals surface area contributed by atoms with E-state index in [1.165, 1.54) is 0 Å².